The number of hydrogen-bond acceptors (Lipinski definition) is 8. The predicted octanol–water partition coefficient (Wildman–Crippen LogP) is 6.42. The van der Waals surface area contributed by atoms with Gasteiger partial charge in [0.05, 0.1) is 28.8 Å². The van der Waals surface area contributed by atoms with Gasteiger partial charge in [-0.25, -0.2) is 28.8 Å². The number of aryl methyl sites for hydroxylation is 1. The molecule has 1 saturated heterocycles. The third kappa shape index (κ3) is 6.22. The van der Waals surface area contributed by atoms with E-state index in [0.29, 0.717) is 12.1 Å². The quantitative estimate of drug-likeness (QED) is 0.339. The van der Waals surface area contributed by atoms with Crippen molar-refractivity contribution in [3.8, 4) is 11.4 Å². The van der Waals surface area contributed by atoms with Crippen molar-refractivity contribution in [1.82, 2.24) is 14.9 Å². The molecule has 1 N–H and O–H groups in total. The number of aromatic nitrogens is 2. The number of likely N-dealkylation sites (tertiary alicyclic amines) is 1. The second kappa shape index (κ2) is 11.6. The van der Waals surface area contributed by atoms with Crippen molar-refractivity contribution < 1.29 is 28.2 Å². The van der Waals surface area contributed by atoms with Crippen molar-refractivity contribution in [3.63, 3.8) is 0 Å². The van der Waals surface area contributed by atoms with E-state index in [2.05, 4.69) is 15.3 Å². The summed E-state index contributed by atoms with van der Waals surface area (Å²) < 4.78 is 25.2. The minimum absolute atomic E-state index is 0.00607. The van der Waals surface area contributed by atoms with Gasteiger partial charge < -0.3 is 14.8 Å². The van der Waals surface area contributed by atoms with Gasteiger partial charge in [0, 0.05) is 12.2 Å². The highest BCUT2D eigenvalue weighted by Gasteiger charge is 2.38. The molecule has 4 rings (SSSR count). The summed E-state index contributed by atoms with van der Waals surface area (Å²) >= 11 is 6.24. The maximum Gasteiger partial charge on any atom is 0.417 e. The molecule has 2 heterocycles. The van der Waals surface area contributed by atoms with Gasteiger partial charge in [-0.1, -0.05) is 29.8 Å². The molecule has 1 aliphatic heterocycles. The normalized spacial score (nSPS) is 15.2. The summed E-state index contributed by atoms with van der Waals surface area (Å²) in [5, 5.41) is 3.22. The van der Waals surface area contributed by atoms with Crippen LogP contribution in [0.5, 0.6) is 0 Å². The summed E-state index contributed by atoms with van der Waals surface area (Å²) in [4.78, 5) is 48.1. The Morgan fingerprint density at radius 1 is 1.15 bits per heavy atom. The highest BCUT2D eigenvalue weighted by Crippen LogP contribution is 2.33. The van der Waals surface area contributed by atoms with E-state index in [9.17, 15) is 18.8 Å². The molecule has 210 valence electrons. The summed E-state index contributed by atoms with van der Waals surface area (Å²) in [6, 6.07) is 11.2. The number of carbonyl (C=O) groups is 3. The van der Waals surface area contributed by atoms with E-state index in [4.69, 9.17) is 21.1 Å². The van der Waals surface area contributed by atoms with Gasteiger partial charge in [-0.3, -0.25) is 4.79 Å². The van der Waals surface area contributed by atoms with Crippen LogP contribution in [-0.2, 0) is 14.3 Å². The molecule has 40 heavy (non-hydrogen) atoms. The molecule has 1 fully saturated rings. The predicted molar refractivity (Wildman–Crippen MR) is 148 cm³/mol. The van der Waals surface area contributed by atoms with Crippen LogP contribution >= 0.6 is 11.6 Å². The molecular formula is C29H30ClFN4O5. The number of amides is 2. The molecule has 0 radical (unpaired) electrons. The number of hydrogen-bond donors (Lipinski definition) is 1. The summed E-state index contributed by atoms with van der Waals surface area (Å²) in [5.74, 6) is -1.94. The zero-order valence-corrected chi connectivity index (χ0v) is 23.6. The largest absolute Gasteiger partial charge is 0.462 e. The van der Waals surface area contributed by atoms with Gasteiger partial charge in [-0.2, -0.15) is 0 Å². The van der Waals surface area contributed by atoms with Gasteiger partial charge in [-0.15, -0.1) is 0 Å². The van der Waals surface area contributed by atoms with E-state index in [1.807, 2.05) is 0 Å². The van der Waals surface area contributed by atoms with Crippen LogP contribution in [0.1, 0.15) is 61.6 Å². The van der Waals surface area contributed by atoms with Crippen LogP contribution in [0.4, 0.5) is 20.7 Å². The molecule has 0 spiro atoms. The van der Waals surface area contributed by atoms with Crippen molar-refractivity contribution in [2.45, 2.75) is 52.6 Å². The molecule has 0 saturated carbocycles. The number of halogens is 2. The van der Waals surface area contributed by atoms with E-state index in [1.54, 1.807) is 58.9 Å². The molecule has 1 atom stereocenters. The molecule has 1 aromatic heterocycles. The monoisotopic (exact) mass is 568 g/mol. The molecule has 11 heteroatoms. The molecule has 3 aromatic rings. The number of benzene rings is 2. The number of imide groups is 1. The van der Waals surface area contributed by atoms with Crippen LogP contribution in [0.3, 0.4) is 0 Å². The highest BCUT2D eigenvalue weighted by molar-refractivity contribution is 6.33. The third-order valence-corrected chi connectivity index (χ3v) is 6.47. The first kappa shape index (κ1) is 28.9. The lowest BCUT2D eigenvalue weighted by Crippen LogP contribution is -2.38. The first-order chi connectivity index (χ1) is 18.9. The fourth-order valence-corrected chi connectivity index (χ4v) is 4.60. The minimum atomic E-state index is -0.706. The molecule has 1 aliphatic rings. The Hall–Kier alpha value is -4.05. The van der Waals surface area contributed by atoms with Gasteiger partial charge in [0.1, 0.15) is 22.8 Å². The van der Waals surface area contributed by atoms with Crippen LogP contribution in [0, 0.1) is 12.7 Å². The Bertz CT molecular complexity index is 1440. The van der Waals surface area contributed by atoms with Crippen molar-refractivity contribution in [2.75, 3.05) is 18.5 Å². The van der Waals surface area contributed by atoms with Crippen LogP contribution in [-0.4, -0.2) is 51.6 Å². The Balaban J connectivity index is 1.62. The third-order valence-electron chi connectivity index (χ3n) is 6.15. The maximum atomic E-state index is 14.7. The van der Waals surface area contributed by atoms with Gasteiger partial charge >= 0.3 is 12.1 Å². The lowest BCUT2D eigenvalue weighted by atomic mass is 9.97. The average Bonchev–Trinajstić information content (AvgIpc) is 3.25. The first-order valence-corrected chi connectivity index (χ1v) is 13.2. The summed E-state index contributed by atoms with van der Waals surface area (Å²) in [6.07, 6.45) is -0.190. The Morgan fingerprint density at radius 2 is 1.85 bits per heavy atom. The fraction of sp³-hybridized carbons (Fsp3) is 0.345. The summed E-state index contributed by atoms with van der Waals surface area (Å²) in [7, 11) is 0. The Labute approximate surface area is 236 Å². The zero-order valence-electron chi connectivity index (χ0n) is 22.9. The van der Waals surface area contributed by atoms with Crippen molar-refractivity contribution >= 4 is 41.1 Å². The number of nitrogens with one attached hydrogen (secondary N) is 1. The number of anilines is 2. The molecule has 2 aromatic carbocycles. The number of carbonyl (C=O) groups excluding carboxylic acids is 3. The number of rotatable bonds is 6. The summed E-state index contributed by atoms with van der Waals surface area (Å²) in [5.41, 5.74) is 0.955. The molecule has 1 unspecified atom stereocenters. The maximum absolute atomic E-state index is 14.7. The zero-order chi connectivity index (χ0) is 29.2. The van der Waals surface area contributed by atoms with Gasteiger partial charge in [-0.05, 0) is 70.9 Å². The lowest BCUT2D eigenvalue weighted by Gasteiger charge is -2.23. The van der Waals surface area contributed by atoms with E-state index in [1.165, 1.54) is 18.2 Å². The molecular weight excluding hydrogens is 539 g/mol. The molecule has 9 nitrogen and oxygen atoms in total. The van der Waals surface area contributed by atoms with Crippen molar-refractivity contribution in [2.24, 2.45) is 0 Å². The molecule has 2 amide bonds. The van der Waals surface area contributed by atoms with Crippen LogP contribution in [0.25, 0.3) is 11.4 Å². The smallest absolute Gasteiger partial charge is 0.417 e. The number of nitrogens with zero attached hydrogens (tertiary/aromatic N) is 3. The second-order valence-electron chi connectivity index (χ2n) is 10.2. The minimum Gasteiger partial charge on any atom is -0.462 e. The topological polar surface area (TPSA) is 111 Å². The second-order valence-corrected chi connectivity index (χ2v) is 10.6. The Morgan fingerprint density at radius 3 is 2.48 bits per heavy atom. The van der Waals surface area contributed by atoms with E-state index >= 15 is 0 Å². The van der Waals surface area contributed by atoms with E-state index in [0.717, 1.165) is 10.5 Å². The standard InChI is InChI=1S/C29H30ClFN4O5/c1-6-39-27(37)22-16(2)32-25(23-20(30)8-7-9-21(23)31)34-24(22)33-18-12-10-17(11-13-18)19-14-15-35(26(19)36)28(38)40-29(3,4)5/h7-13,19H,6,14-15H2,1-5H3,(H,32,33,34). The van der Waals surface area contributed by atoms with Crippen LogP contribution in [0.2, 0.25) is 5.02 Å². The lowest BCUT2D eigenvalue weighted by molar-refractivity contribution is -0.128. The summed E-state index contributed by atoms with van der Waals surface area (Å²) in [6.45, 7) is 8.93. The number of esters is 1. The number of ether oxygens (including phenoxy) is 2. The fourth-order valence-electron chi connectivity index (χ4n) is 4.36. The first-order valence-electron chi connectivity index (χ1n) is 12.8. The Kier molecular flexibility index (Phi) is 8.39. The highest BCUT2D eigenvalue weighted by atomic mass is 35.5. The van der Waals surface area contributed by atoms with Gasteiger partial charge in [0.2, 0.25) is 5.91 Å². The van der Waals surface area contributed by atoms with Gasteiger partial charge in [0.25, 0.3) is 0 Å². The molecule has 0 aliphatic carbocycles. The van der Waals surface area contributed by atoms with Gasteiger partial charge in [0.15, 0.2) is 5.82 Å². The van der Waals surface area contributed by atoms with E-state index in [-0.39, 0.29) is 52.5 Å². The van der Waals surface area contributed by atoms with Crippen molar-refractivity contribution in [3.05, 3.63) is 70.1 Å². The average molecular weight is 569 g/mol. The van der Waals surface area contributed by atoms with Crippen LogP contribution in [0.15, 0.2) is 42.5 Å². The molecule has 0 bridgehead atoms. The van der Waals surface area contributed by atoms with Crippen molar-refractivity contribution in [1.29, 1.82) is 0 Å². The van der Waals surface area contributed by atoms with Crippen LogP contribution < -0.4 is 5.32 Å². The SMILES string of the molecule is CCOC(=O)c1c(C)nc(-c2c(F)cccc2Cl)nc1Nc1ccc(C2CCN(C(=O)OC(C)(C)C)C2=O)cc1. The van der Waals surface area contributed by atoms with E-state index < -0.39 is 29.4 Å².